The number of benzene rings is 1. The van der Waals surface area contributed by atoms with Crippen molar-refractivity contribution in [1.82, 2.24) is 29.3 Å². The third kappa shape index (κ3) is 3.71. The summed E-state index contributed by atoms with van der Waals surface area (Å²) in [6, 6.07) is 14.5. The monoisotopic (exact) mass is 372 g/mol. The topological polar surface area (TPSA) is 61.4 Å². The SMILES string of the molecule is Cc1cc(-n2nc(CCc3ccccc3)nc2[C@H](C)n2ccnc2C)ccn1. The standard InChI is InChI=1S/C22H24N6/c1-16-15-20(11-12-23-16)28-22(17(2)27-14-13-24-18(27)3)25-21(26-28)10-9-19-7-5-4-6-8-19/h4-8,11-15,17H,9-10H2,1-3H3/t17-/m0/s1. The van der Waals surface area contributed by atoms with Crippen molar-refractivity contribution in [3.05, 3.63) is 89.8 Å². The maximum atomic E-state index is 4.91. The van der Waals surface area contributed by atoms with E-state index in [4.69, 9.17) is 10.1 Å². The molecule has 0 aliphatic rings. The van der Waals surface area contributed by atoms with E-state index >= 15 is 0 Å². The maximum Gasteiger partial charge on any atom is 0.155 e. The summed E-state index contributed by atoms with van der Waals surface area (Å²) in [5.41, 5.74) is 3.22. The Hall–Kier alpha value is -3.28. The van der Waals surface area contributed by atoms with Crippen molar-refractivity contribution in [2.75, 3.05) is 0 Å². The molecule has 0 spiro atoms. The lowest BCUT2D eigenvalue weighted by Crippen LogP contribution is -2.14. The van der Waals surface area contributed by atoms with Crippen LogP contribution < -0.4 is 0 Å². The largest absolute Gasteiger partial charge is 0.325 e. The Morgan fingerprint density at radius 3 is 2.50 bits per heavy atom. The Bertz CT molecular complexity index is 1060. The van der Waals surface area contributed by atoms with Crippen LogP contribution in [0.1, 0.15) is 41.7 Å². The Morgan fingerprint density at radius 2 is 1.79 bits per heavy atom. The summed E-state index contributed by atoms with van der Waals surface area (Å²) < 4.78 is 4.06. The van der Waals surface area contributed by atoms with Gasteiger partial charge in [0.2, 0.25) is 0 Å². The zero-order valence-electron chi connectivity index (χ0n) is 16.4. The number of hydrogen-bond donors (Lipinski definition) is 0. The lowest BCUT2D eigenvalue weighted by Gasteiger charge is -2.15. The van der Waals surface area contributed by atoms with E-state index in [-0.39, 0.29) is 6.04 Å². The van der Waals surface area contributed by atoms with Gasteiger partial charge in [0.25, 0.3) is 0 Å². The Labute approximate surface area is 164 Å². The van der Waals surface area contributed by atoms with Gasteiger partial charge in [-0.25, -0.2) is 14.6 Å². The number of imidazole rings is 1. The molecule has 28 heavy (non-hydrogen) atoms. The third-order valence-corrected chi connectivity index (χ3v) is 4.93. The van der Waals surface area contributed by atoms with Crippen LogP contribution >= 0.6 is 0 Å². The molecular weight excluding hydrogens is 348 g/mol. The smallest absolute Gasteiger partial charge is 0.155 e. The molecule has 142 valence electrons. The van der Waals surface area contributed by atoms with Crippen molar-refractivity contribution in [2.24, 2.45) is 0 Å². The highest BCUT2D eigenvalue weighted by Gasteiger charge is 2.20. The fourth-order valence-electron chi connectivity index (χ4n) is 3.42. The fourth-order valence-corrected chi connectivity index (χ4v) is 3.42. The van der Waals surface area contributed by atoms with Gasteiger partial charge < -0.3 is 4.57 Å². The van der Waals surface area contributed by atoms with E-state index in [0.29, 0.717) is 0 Å². The zero-order valence-corrected chi connectivity index (χ0v) is 16.4. The summed E-state index contributed by atoms with van der Waals surface area (Å²) in [7, 11) is 0. The first-order valence-electron chi connectivity index (χ1n) is 9.54. The minimum absolute atomic E-state index is 0.0222. The van der Waals surface area contributed by atoms with E-state index in [0.717, 1.165) is 41.7 Å². The minimum atomic E-state index is 0.0222. The molecule has 0 radical (unpaired) electrons. The summed E-state index contributed by atoms with van der Waals surface area (Å²) in [5.74, 6) is 2.70. The van der Waals surface area contributed by atoms with Crippen LogP contribution in [0.15, 0.2) is 61.1 Å². The van der Waals surface area contributed by atoms with Gasteiger partial charge in [0, 0.05) is 30.7 Å². The van der Waals surface area contributed by atoms with Gasteiger partial charge in [-0.1, -0.05) is 30.3 Å². The highest BCUT2D eigenvalue weighted by atomic mass is 15.4. The van der Waals surface area contributed by atoms with Crippen LogP contribution in [-0.4, -0.2) is 29.3 Å². The summed E-state index contributed by atoms with van der Waals surface area (Å²) in [5, 5.41) is 4.84. The van der Waals surface area contributed by atoms with Crippen LogP contribution in [-0.2, 0) is 12.8 Å². The molecule has 3 aromatic heterocycles. The Morgan fingerprint density at radius 1 is 0.964 bits per heavy atom. The number of pyridine rings is 1. The van der Waals surface area contributed by atoms with E-state index in [2.05, 4.69) is 45.7 Å². The summed E-state index contributed by atoms with van der Waals surface area (Å²) in [6.45, 7) is 6.12. The van der Waals surface area contributed by atoms with Gasteiger partial charge in [0.1, 0.15) is 5.82 Å². The number of hydrogen-bond acceptors (Lipinski definition) is 4. The molecule has 1 aromatic carbocycles. The lowest BCUT2D eigenvalue weighted by molar-refractivity contribution is 0.565. The molecule has 1 atom stereocenters. The van der Waals surface area contributed by atoms with Gasteiger partial charge in [0.05, 0.1) is 11.7 Å². The normalized spacial score (nSPS) is 12.2. The van der Waals surface area contributed by atoms with Crippen molar-refractivity contribution in [2.45, 2.75) is 39.7 Å². The van der Waals surface area contributed by atoms with E-state index in [9.17, 15) is 0 Å². The van der Waals surface area contributed by atoms with Crippen LogP contribution in [0.4, 0.5) is 0 Å². The van der Waals surface area contributed by atoms with Crippen LogP contribution in [0.2, 0.25) is 0 Å². The van der Waals surface area contributed by atoms with Gasteiger partial charge in [0.15, 0.2) is 11.6 Å². The number of aryl methyl sites for hydroxylation is 4. The quantitative estimate of drug-likeness (QED) is 0.515. The van der Waals surface area contributed by atoms with Crippen molar-refractivity contribution >= 4 is 0 Å². The predicted molar refractivity (Wildman–Crippen MR) is 109 cm³/mol. The molecule has 0 bridgehead atoms. The van der Waals surface area contributed by atoms with E-state index in [1.165, 1.54) is 5.56 Å². The molecule has 3 heterocycles. The molecule has 0 aliphatic carbocycles. The third-order valence-electron chi connectivity index (χ3n) is 4.93. The molecule has 0 N–H and O–H groups in total. The average molecular weight is 372 g/mol. The van der Waals surface area contributed by atoms with Crippen LogP contribution in [0, 0.1) is 13.8 Å². The number of rotatable bonds is 6. The molecule has 6 nitrogen and oxygen atoms in total. The van der Waals surface area contributed by atoms with Gasteiger partial charge in [-0.3, -0.25) is 4.98 Å². The first-order valence-corrected chi connectivity index (χ1v) is 9.54. The first kappa shape index (κ1) is 18.1. The highest BCUT2D eigenvalue weighted by Crippen LogP contribution is 2.22. The van der Waals surface area contributed by atoms with Crippen molar-refractivity contribution in [3.63, 3.8) is 0 Å². The fraction of sp³-hybridized carbons (Fsp3) is 0.273. The van der Waals surface area contributed by atoms with Crippen LogP contribution in [0.25, 0.3) is 5.69 Å². The van der Waals surface area contributed by atoms with Gasteiger partial charge >= 0.3 is 0 Å². The Balaban J connectivity index is 1.70. The van der Waals surface area contributed by atoms with Crippen molar-refractivity contribution in [3.8, 4) is 5.69 Å². The van der Waals surface area contributed by atoms with Crippen LogP contribution in [0.5, 0.6) is 0 Å². The second kappa shape index (κ2) is 7.76. The van der Waals surface area contributed by atoms with Crippen molar-refractivity contribution < 1.29 is 0 Å². The summed E-state index contributed by atoms with van der Waals surface area (Å²) >= 11 is 0. The first-order chi connectivity index (χ1) is 13.6. The summed E-state index contributed by atoms with van der Waals surface area (Å²) in [6.07, 6.45) is 7.33. The predicted octanol–water partition coefficient (Wildman–Crippen LogP) is 3.87. The highest BCUT2D eigenvalue weighted by molar-refractivity contribution is 5.32. The molecule has 0 unspecified atom stereocenters. The zero-order chi connectivity index (χ0) is 19.5. The summed E-state index contributed by atoms with van der Waals surface area (Å²) in [4.78, 5) is 13.6. The van der Waals surface area contributed by atoms with Gasteiger partial charge in [-0.15, -0.1) is 0 Å². The van der Waals surface area contributed by atoms with E-state index in [1.54, 1.807) is 0 Å². The van der Waals surface area contributed by atoms with E-state index < -0.39 is 0 Å². The molecule has 0 amide bonds. The molecule has 0 aliphatic heterocycles. The molecule has 0 saturated heterocycles. The van der Waals surface area contributed by atoms with Crippen molar-refractivity contribution in [1.29, 1.82) is 0 Å². The van der Waals surface area contributed by atoms with Crippen LogP contribution in [0.3, 0.4) is 0 Å². The molecule has 6 heteroatoms. The van der Waals surface area contributed by atoms with Gasteiger partial charge in [-0.2, -0.15) is 5.10 Å². The number of nitrogens with zero attached hydrogens (tertiary/aromatic N) is 6. The molecule has 4 aromatic rings. The molecule has 0 fully saturated rings. The van der Waals surface area contributed by atoms with E-state index in [1.807, 2.05) is 55.3 Å². The minimum Gasteiger partial charge on any atom is -0.325 e. The molecule has 0 saturated carbocycles. The lowest BCUT2D eigenvalue weighted by atomic mass is 10.1. The average Bonchev–Trinajstić information content (AvgIpc) is 3.33. The molecule has 4 rings (SSSR count). The second-order valence-corrected chi connectivity index (χ2v) is 7.00. The molecular formula is C22H24N6. The maximum absolute atomic E-state index is 4.91. The second-order valence-electron chi connectivity index (χ2n) is 7.00. The Kier molecular flexibility index (Phi) is 5.02. The number of aromatic nitrogens is 6. The van der Waals surface area contributed by atoms with Gasteiger partial charge in [-0.05, 0) is 44.9 Å².